The molecule has 0 saturated carbocycles. The molecule has 4 rings (SSSR count). The molecule has 2 amide bonds. The number of carbonyl (C=O) groups excluding carboxylic acids is 2. The zero-order valence-electron chi connectivity index (χ0n) is 18.1. The Morgan fingerprint density at radius 3 is 2.50 bits per heavy atom. The van der Waals surface area contributed by atoms with Gasteiger partial charge in [0.2, 0.25) is 0 Å². The second-order valence-corrected chi connectivity index (χ2v) is 7.56. The molecule has 0 spiro atoms. The first-order chi connectivity index (χ1) is 15.4. The summed E-state index contributed by atoms with van der Waals surface area (Å²) in [6, 6.07) is 12.8. The molecular weight excluding hydrogens is 408 g/mol. The van der Waals surface area contributed by atoms with Crippen LogP contribution in [-0.4, -0.2) is 31.4 Å². The number of aromatic nitrogens is 4. The Labute approximate surface area is 185 Å². The fourth-order valence-corrected chi connectivity index (χ4v) is 3.38. The molecular formula is C23H24N6O3. The number of hydrogen-bond donors (Lipinski definition) is 2. The Hall–Kier alpha value is -4.14. The second kappa shape index (κ2) is 8.93. The Balaban J connectivity index is 1.42. The van der Waals surface area contributed by atoms with Crippen LogP contribution in [0.5, 0.6) is 0 Å². The van der Waals surface area contributed by atoms with E-state index in [9.17, 15) is 9.59 Å². The molecule has 0 aliphatic rings. The monoisotopic (exact) mass is 432 g/mol. The third-order valence-electron chi connectivity index (χ3n) is 4.95. The molecule has 4 aromatic rings. The van der Waals surface area contributed by atoms with Crippen molar-refractivity contribution in [1.82, 2.24) is 24.9 Å². The summed E-state index contributed by atoms with van der Waals surface area (Å²) in [6.45, 7) is 4.83. The summed E-state index contributed by atoms with van der Waals surface area (Å²) in [5, 5.41) is 14.2. The van der Waals surface area contributed by atoms with Crippen molar-refractivity contribution in [3.8, 4) is 0 Å². The zero-order chi connectivity index (χ0) is 22.7. The molecule has 3 heterocycles. The molecule has 0 radical (unpaired) electrons. The van der Waals surface area contributed by atoms with E-state index in [1.165, 1.54) is 10.9 Å². The normalized spacial score (nSPS) is 10.8. The van der Waals surface area contributed by atoms with Gasteiger partial charge in [0, 0.05) is 24.5 Å². The summed E-state index contributed by atoms with van der Waals surface area (Å²) in [4.78, 5) is 25.3. The van der Waals surface area contributed by atoms with Gasteiger partial charge in [-0.15, -0.1) is 0 Å². The highest BCUT2D eigenvalue weighted by Gasteiger charge is 2.19. The van der Waals surface area contributed by atoms with Gasteiger partial charge in [-0.3, -0.25) is 19.0 Å². The van der Waals surface area contributed by atoms with Crippen molar-refractivity contribution in [2.75, 3.05) is 5.32 Å². The summed E-state index contributed by atoms with van der Waals surface area (Å²) < 4.78 is 8.62. The van der Waals surface area contributed by atoms with Crippen LogP contribution in [0.2, 0.25) is 0 Å². The van der Waals surface area contributed by atoms with Crippen LogP contribution in [0.25, 0.3) is 0 Å². The Kier molecular flexibility index (Phi) is 5.89. The van der Waals surface area contributed by atoms with Gasteiger partial charge in [-0.1, -0.05) is 12.1 Å². The van der Waals surface area contributed by atoms with Crippen LogP contribution in [-0.2, 0) is 20.1 Å². The SMILES string of the molecule is Cc1cc(C)n(Cc2ccc(C(=O)Nc3cn(C)nc3C(=O)NCc3ccco3)cc2)n1. The lowest BCUT2D eigenvalue weighted by molar-refractivity contribution is 0.0943. The van der Waals surface area contributed by atoms with Crippen molar-refractivity contribution in [3.05, 3.63) is 88.9 Å². The molecule has 9 heteroatoms. The number of nitrogens with one attached hydrogen (secondary N) is 2. The number of rotatable bonds is 7. The summed E-state index contributed by atoms with van der Waals surface area (Å²) in [7, 11) is 1.69. The van der Waals surface area contributed by atoms with Gasteiger partial charge < -0.3 is 15.1 Å². The lowest BCUT2D eigenvalue weighted by Gasteiger charge is -2.08. The molecule has 0 aliphatic carbocycles. The molecule has 2 N–H and O–H groups in total. The zero-order valence-corrected chi connectivity index (χ0v) is 18.1. The van der Waals surface area contributed by atoms with Crippen molar-refractivity contribution in [2.24, 2.45) is 7.05 Å². The molecule has 0 fully saturated rings. The van der Waals surface area contributed by atoms with Crippen LogP contribution in [0.1, 0.15) is 43.6 Å². The minimum absolute atomic E-state index is 0.133. The summed E-state index contributed by atoms with van der Waals surface area (Å²) in [5.74, 6) is -0.103. The predicted molar refractivity (Wildman–Crippen MR) is 118 cm³/mol. The summed E-state index contributed by atoms with van der Waals surface area (Å²) in [5.41, 5.74) is 4.03. The number of benzene rings is 1. The minimum atomic E-state index is -0.405. The Morgan fingerprint density at radius 2 is 1.84 bits per heavy atom. The standard InChI is InChI=1S/C23H24N6O3/c1-15-11-16(2)29(26-15)13-17-6-8-18(9-7-17)22(30)25-20-14-28(3)27-21(20)23(31)24-12-19-5-4-10-32-19/h4-11,14H,12-13H2,1-3H3,(H,24,31)(H,25,30). The number of aryl methyl sites for hydroxylation is 3. The van der Waals surface area contributed by atoms with E-state index in [-0.39, 0.29) is 18.1 Å². The maximum atomic E-state index is 12.8. The summed E-state index contributed by atoms with van der Waals surface area (Å²) >= 11 is 0. The number of anilines is 1. The van der Waals surface area contributed by atoms with E-state index in [0.717, 1.165) is 17.0 Å². The molecule has 0 aliphatic heterocycles. The first-order valence-corrected chi connectivity index (χ1v) is 10.1. The number of nitrogens with zero attached hydrogens (tertiary/aromatic N) is 4. The van der Waals surface area contributed by atoms with Crippen LogP contribution in [0.4, 0.5) is 5.69 Å². The van der Waals surface area contributed by atoms with Gasteiger partial charge in [-0.2, -0.15) is 10.2 Å². The average molecular weight is 432 g/mol. The predicted octanol–water partition coefficient (Wildman–Crippen LogP) is 3.06. The Bertz CT molecular complexity index is 1240. The molecule has 3 aromatic heterocycles. The first kappa shape index (κ1) is 21.1. The molecule has 9 nitrogen and oxygen atoms in total. The largest absolute Gasteiger partial charge is 0.467 e. The van der Waals surface area contributed by atoms with Gasteiger partial charge in [0.15, 0.2) is 5.69 Å². The number of hydrogen-bond acceptors (Lipinski definition) is 5. The van der Waals surface area contributed by atoms with Crippen molar-refractivity contribution < 1.29 is 14.0 Å². The highest BCUT2D eigenvalue weighted by molar-refractivity contribution is 6.08. The molecule has 0 unspecified atom stereocenters. The molecule has 1 aromatic carbocycles. The van der Waals surface area contributed by atoms with Crippen LogP contribution in [0.3, 0.4) is 0 Å². The first-order valence-electron chi connectivity index (χ1n) is 10.1. The lowest BCUT2D eigenvalue weighted by Crippen LogP contribution is -2.25. The van der Waals surface area contributed by atoms with Gasteiger partial charge in [0.25, 0.3) is 11.8 Å². The lowest BCUT2D eigenvalue weighted by atomic mass is 10.1. The molecule has 32 heavy (non-hydrogen) atoms. The van der Waals surface area contributed by atoms with Crippen LogP contribution >= 0.6 is 0 Å². The molecule has 0 bridgehead atoms. The quantitative estimate of drug-likeness (QED) is 0.467. The van der Waals surface area contributed by atoms with E-state index >= 15 is 0 Å². The van der Waals surface area contributed by atoms with Crippen LogP contribution < -0.4 is 10.6 Å². The van der Waals surface area contributed by atoms with Gasteiger partial charge >= 0.3 is 0 Å². The highest BCUT2D eigenvalue weighted by atomic mass is 16.3. The fraction of sp³-hybridized carbons (Fsp3) is 0.217. The van der Waals surface area contributed by atoms with E-state index in [1.54, 1.807) is 37.5 Å². The molecule has 0 atom stereocenters. The van der Waals surface area contributed by atoms with E-state index in [2.05, 4.69) is 20.8 Å². The Morgan fingerprint density at radius 1 is 1.06 bits per heavy atom. The minimum Gasteiger partial charge on any atom is -0.467 e. The summed E-state index contributed by atoms with van der Waals surface area (Å²) in [6.07, 6.45) is 3.13. The molecule has 164 valence electrons. The van der Waals surface area contributed by atoms with Crippen molar-refractivity contribution in [3.63, 3.8) is 0 Å². The number of carbonyl (C=O) groups is 2. The number of amides is 2. The van der Waals surface area contributed by atoms with E-state index in [0.29, 0.717) is 23.6 Å². The van der Waals surface area contributed by atoms with Crippen molar-refractivity contribution in [1.29, 1.82) is 0 Å². The third-order valence-corrected chi connectivity index (χ3v) is 4.95. The maximum Gasteiger partial charge on any atom is 0.274 e. The molecule has 0 saturated heterocycles. The third kappa shape index (κ3) is 4.77. The fourth-order valence-electron chi connectivity index (χ4n) is 3.38. The van der Waals surface area contributed by atoms with Gasteiger partial charge in [0.05, 0.1) is 30.7 Å². The van der Waals surface area contributed by atoms with Crippen molar-refractivity contribution in [2.45, 2.75) is 26.9 Å². The smallest absolute Gasteiger partial charge is 0.274 e. The van der Waals surface area contributed by atoms with E-state index in [1.807, 2.05) is 36.7 Å². The van der Waals surface area contributed by atoms with Crippen LogP contribution in [0.15, 0.2) is 59.3 Å². The van der Waals surface area contributed by atoms with E-state index in [4.69, 9.17) is 4.42 Å². The van der Waals surface area contributed by atoms with Crippen LogP contribution in [0, 0.1) is 13.8 Å². The van der Waals surface area contributed by atoms with Gasteiger partial charge in [0.1, 0.15) is 5.76 Å². The number of furan rings is 1. The highest BCUT2D eigenvalue weighted by Crippen LogP contribution is 2.16. The van der Waals surface area contributed by atoms with Crippen molar-refractivity contribution >= 4 is 17.5 Å². The second-order valence-electron chi connectivity index (χ2n) is 7.56. The van der Waals surface area contributed by atoms with E-state index < -0.39 is 5.91 Å². The topological polar surface area (TPSA) is 107 Å². The van der Waals surface area contributed by atoms with Gasteiger partial charge in [-0.05, 0) is 49.7 Å². The average Bonchev–Trinajstić information content (AvgIpc) is 3.48. The maximum absolute atomic E-state index is 12.8. The van der Waals surface area contributed by atoms with Gasteiger partial charge in [-0.25, -0.2) is 0 Å².